The molecule has 1 N–H and O–H groups in total. The van der Waals surface area contributed by atoms with Crippen molar-refractivity contribution in [1.29, 1.82) is 0 Å². The fraction of sp³-hybridized carbons (Fsp3) is 0.824. The molecular formula is C17H29NO2. The molecular weight excluding hydrogens is 250 g/mol. The first-order chi connectivity index (χ1) is 9.08. The van der Waals surface area contributed by atoms with Crippen LogP contribution in [0.15, 0.2) is 12.2 Å². The maximum Gasteiger partial charge on any atom is 0.408 e. The molecule has 0 bridgehead atoms. The molecule has 0 aromatic rings. The van der Waals surface area contributed by atoms with E-state index in [1.165, 1.54) is 18.4 Å². The van der Waals surface area contributed by atoms with Gasteiger partial charge in [0, 0.05) is 5.54 Å². The molecule has 1 amide bonds. The first kappa shape index (κ1) is 15.4. The zero-order valence-corrected chi connectivity index (χ0v) is 13.6. The molecule has 2 aliphatic rings. The Kier molecular flexibility index (Phi) is 3.92. The smallest absolute Gasteiger partial charge is 0.408 e. The summed E-state index contributed by atoms with van der Waals surface area (Å²) in [6, 6.07) is 0. The number of carbonyl (C=O) groups is 1. The fourth-order valence-corrected chi connectivity index (χ4v) is 4.01. The Morgan fingerprint density at radius 3 is 2.15 bits per heavy atom. The predicted octanol–water partition coefficient (Wildman–Crippen LogP) is 4.28. The van der Waals surface area contributed by atoms with Crippen LogP contribution in [0.1, 0.15) is 60.3 Å². The number of carbonyl (C=O) groups excluding carboxylic acids is 1. The predicted molar refractivity (Wildman–Crippen MR) is 81.5 cm³/mol. The van der Waals surface area contributed by atoms with Crippen LogP contribution in [-0.2, 0) is 4.74 Å². The molecule has 114 valence electrons. The van der Waals surface area contributed by atoms with E-state index >= 15 is 0 Å². The second-order valence-corrected chi connectivity index (χ2v) is 8.13. The van der Waals surface area contributed by atoms with E-state index in [2.05, 4.69) is 25.7 Å². The number of ether oxygens (including phenoxy) is 1. The molecule has 1 unspecified atom stereocenters. The Morgan fingerprint density at radius 1 is 1.25 bits per heavy atom. The second-order valence-electron chi connectivity index (χ2n) is 8.13. The number of hydrogen-bond acceptors (Lipinski definition) is 2. The number of allylic oxidation sites excluding steroid dienone is 1. The Hall–Kier alpha value is -0.990. The van der Waals surface area contributed by atoms with Gasteiger partial charge in [-0.1, -0.05) is 12.2 Å². The van der Waals surface area contributed by atoms with E-state index in [1.54, 1.807) is 0 Å². The number of rotatable bonds is 2. The topological polar surface area (TPSA) is 38.3 Å². The average Bonchev–Trinajstić information content (AvgIpc) is 2.68. The van der Waals surface area contributed by atoms with Crippen molar-refractivity contribution < 1.29 is 9.53 Å². The third-order valence-electron chi connectivity index (χ3n) is 4.77. The Balaban J connectivity index is 1.90. The van der Waals surface area contributed by atoms with Crippen molar-refractivity contribution in [1.82, 2.24) is 5.32 Å². The molecule has 2 rings (SSSR count). The van der Waals surface area contributed by atoms with E-state index in [0.29, 0.717) is 5.92 Å². The molecule has 0 spiro atoms. The molecule has 3 nitrogen and oxygen atoms in total. The Bertz CT molecular complexity index is 394. The van der Waals surface area contributed by atoms with Gasteiger partial charge in [0.2, 0.25) is 0 Å². The van der Waals surface area contributed by atoms with Gasteiger partial charge >= 0.3 is 6.09 Å². The molecule has 0 aromatic heterocycles. The van der Waals surface area contributed by atoms with Crippen LogP contribution in [0.2, 0.25) is 0 Å². The van der Waals surface area contributed by atoms with Crippen molar-refractivity contribution in [2.24, 2.45) is 17.8 Å². The van der Waals surface area contributed by atoms with Crippen LogP contribution < -0.4 is 5.32 Å². The highest BCUT2D eigenvalue weighted by atomic mass is 16.6. The molecule has 3 heteroatoms. The average molecular weight is 279 g/mol. The fourth-order valence-electron chi connectivity index (χ4n) is 4.01. The van der Waals surface area contributed by atoms with Crippen molar-refractivity contribution in [2.45, 2.75) is 71.4 Å². The summed E-state index contributed by atoms with van der Waals surface area (Å²) < 4.78 is 5.38. The molecule has 0 aromatic carbocycles. The summed E-state index contributed by atoms with van der Waals surface area (Å²) in [6.45, 7) is 14.1. The van der Waals surface area contributed by atoms with Gasteiger partial charge in [-0.3, -0.25) is 0 Å². The molecule has 20 heavy (non-hydrogen) atoms. The molecule has 0 saturated heterocycles. The largest absolute Gasteiger partial charge is 0.444 e. The van der Waals surface area contributed by atoms with E-state index in [-0.39, 0.29) is 11.6 Å². The van der Waals surface area contributed by atoms with E-state index in [1.807, 2.05) is 20.8 Å². The van der Waals surface area contributed by atoms with Gasteiger partial charge in [0.25, 0.3) is 0 Å². The molecule has 2 aliphatic carbocycles. The van der Waals surface area contributed by atoms with Gasteiger partial charge in [-0.25, -0.2) is 4.79 Å². The third-order valence-corrected chi connectivity index (χ3v) is 4.77. The lowest BCUT2D eigenvalue weighted by Gasteiger charge is -2.29. The third kappa shape index (κ3) is 3.56. The first-order valence-electron chi connectivity index (χ1n) is 7.74. The van der Waals surface area contributed by atoms with Crippen molar-refractivity contribution >= 4 is 6.09 Å². The molecule has 0 radical (unpaired) electrons. The van der Waals surface area contributed by atoms with Crippen LogP contribution in [0.3, 0.4) is 0 Å². The number of alkyl carbamates (subject to hydrolysis) is 1. The van der Waals surface area contributed by atoms with Gasteiger partial charge < -0.3 is 10.1 Å². The van der Waals surface area contributed by atoms with Crippen molar-refractivity contribution in [3.63, 3.8) is 0 Å². The van der Waals surface area contributed by atoms with Crippen molar-refractivity contribution in [2.75, 3.05) is 0 Å². The molecule has 0 heterocycles. The SMILES string of the molecule is C=C(C)C1C[C@@H]2C[C@@](C)(NC(=O)OC(C)(C)C)C[C@@H]2C1. The maximum absolute atomic E-state index is 12.0. The lowest BCUT2D eigenvalue weighted by Crippen LogP contribution is -2.46. The molecule has 0 aliphatic heterocycles. The zero-order chi connectivity index (χ0) is 15.1. The first-order valence-corrected chi connectivity index (χ1v) is 7.74. The van der Waals surface area contributed by atoms with Crippen LogP contribution in [0, 0.1) is 17.8 Å². The number of amides is 1. The van der Waals surface area contributed by atoms with Gasteiger partial charge in [-0.2, -0.15) is 0 Å². The van der Waals surface area contributed by atoms with E-state index in [9.17, 15) is 4.79 Å². The Labute approximate surface area is 123 Å². The highest BCUT2D eigenvalue weighted by Crippen LogP contribution is 2.52. The highest BCUT2D eigenvalue weighted by Gasteiger charge is 2.48. The van der Waals surface area contributed by atoms with Gasteiger partial charge in [0.05, 0.1) is 0 Å². The second kappa shape index (κ2) is 5.09. The van der Waals surface area contributed by atoms with Gasteiger partial charge in [-0.05, 0) is 78.1 Å². The van der Waals surface area contributed by atoms with Gasteiger partial charge in [-0.15, -0.1) is 0 Å². The minimum absolute atomic E-state index is 0.0995. The van der Waals surface area contributed by atoms with Crippen LogP contribution >= 0.6 is 0 Å². The van der Waals surface area contributed by atoms with E-state index in [4.69, 9.17) is 4.74 Å². The summed E-state index contributed by atoms with van der Waals surface area (Å²) >= 11 is 0. The maximum atomic E-state index is 12.0. The van der Waals surface area contributed by atoms with Crippen molar-refractivity contribution in [3.8, 4) is 0 Å². The summed E-state index contributed by atoms with van der Waals surface area (Å²) in [4.78, 5) is 12.0. The summed E-state index contributed by atoms with van der Waals surface area (Å²) in [6.07, 6.45) is 4.34. The molecule has 2 saturated carbocycles. The number of fused-ring (bicyclic) bond motifs is 1. The van der Waals surface area contributed by atoms with Crippen molar-refractivity contribution in [3.05, 3.63) is 12.2 Å². The number of nitrogens with one attached hydrogen (secondary N) is 1. The van der Waals surface area contributed by atoms with Gasteiger partial charge in [0.15, 0.2) is 0 Å². The summed E-state index contributed by atoms with van der Waals surface area (Å²) in [5, 5.41) is 3.10. The lowest BCUT2D eigenvalue weighted by atomic mass is 9.91. The van der Waals surface area contributed by atoms with Crippen LogP contribution in [0.4, 0.5) is 4.79 Å². The standard InChI is InChI=1S/C17H29NO2/c1-11(2)12-7-13-9-17(6,10-14(13)8-12)18-15(19)20-16(3,4)5/h12-14H,1,7-10H2,2-6H3,(H,18,19)/t12?,13-,14+,17-. The summed E-state index contributed by atoms with van der Waals surface area (Å²) in [5.74, 6) is 2.16. The normalized spacial score (nSPS) is 36.5. The van der Waals surface area contributed by atoms with E-state index in [0.717, 1.165) is 24.7 Å². The van der Waals surface area contributed by atoms with Crippen LogP contribution in [-0.4, -0.2) is 17.2 Å². The number of hydrogen-bond donors (Lipinski definition) is 1. The highest BCUT2D eigenvalue weighted by molar-refractivity contribution is 5.68. The summed E-state index contributed by atoms with van der Waals surface area (Å²) in [5.41, 5.74) is 0.790. The molecule has 2 fully saturated rings. The lowest BCUT2D eigenvalue weighted by molar-refractivity contribution is 0.0461. The monoisotopic (exact) mass is 279 g/mol. The van der Waals surface area contributed by atoms with E-state index < -0.39 is 5.60 Å². The quantitative estimate of drug-likeness (QED) is 0.766. The minimum Gasteiger partial charge on any atom is -0.444 e. The minimum atomic E-state index is -0.431. The van der Waals surface area contributed by atoms with Crippen LogP contribution in [0.5, 0.6) is 0 Å². The van der Waals surface area contributed by atoms with Crippen LogP contribution in [0.25, 0.3) is 0 Å². The molecule has 4 atom stereocenters. The Morgan fingerprint density at radius 2 is 1.75 bits per heavy atom. The van der Waals surface area contributed by atoms with Gasteiger partial charge in [0.1, 0.15) is 5.60 Å². The zero-order valence-electron chi connectivity index (χ0n) is 13.6. The summed E-state index contributed by atoms with van der Waals surface area (Å²) in [7, 11) is 0.